The van der Waals surface area contributed by atoms with Crippen molar-refractivity contribution in [3.63, 3.8) is 0 Å². The number of ether oxygens (including phenoxy) is 3. The number of carbonyl (C=O) groups excluding carboxylic acids is 2. The molecule has 2 amide bonds. The molecule has 0 unspecified atom stereocenters. The number of nitrogens with two attached hydrogens (primary N) is 1. The average Bonchev–Trinajstić information content (AvgIpc) is 2.82. The molecular formula is C28H42N2O7. The molecule has 1 aromatic rings. The Labute approximate surface area is 219 Å². The van der Waals surface area contributed by atoms with E-state index in [0.717, 1.165) is 5.56 Å². The highest BCUT2D eigenvalue weighted by atomic mass is 16.6. The van der Waals surface area contributed by atoms with E-state index in [2.05, 4.69) is 5.32 Å². The molecular weight excluding hydrogens is 476 g/mol. The van der Waals surface area contributed by atoms with E-state index >= 15 is 0 Å². The van der Waals surface area contributed by atoms with E-state index in [-0.39, 0.29) is 23.5 Å². The fourth-order valence-electron chi connectivity index (χ4n) is 4.83. The molecule has 5 N–H and O–H groups in total. The Kier molecular flexibility index (Phi) is 11.6. The number of methoxy groups -OCH3 is 2. The number of carbonyl (C=O) groups is 2. The maximum atomic E-state index is 12.8. The third-order valence-electron chi connectivity index (χ3n) is 6.79. The van der Waals surface area contributed by atoms with Crippen LogP contribution in [0.15, 0.2) is 41.5 Å². The Hall–Kier alpha value is -2.88. The number of primary amides is 1. The number of anilines is 1. The Morgan fingerprint density at radius 3 is 2.41 bits per heavy atom. The third-order valence-corrected chi connectivity index (χ3v) is 6.79. The van der Waals surface area contributed by atoms with E-state index in [1.807, 2.05) is 32.9 Å². The monoisotopic (exact) mass is 518 g/mol. The van der Waals surface area contributed by atoms with Crippen LogP contribution in [0.1, 0.15) is 52.5 Å². The number of fused-ring (bicyclic) bond motifs is 2. The van der Waals surface area contributed by atoms with Gasteiger partial charge < -0.3 is 35.5 Å². The second kappa shape index (κ2) is 14.2. The van der Waals surface area contributed by atoms with E-state index < -0.39 is 30.5 Å². The number of aliphatic hydroxyl groups excluding tert-OH is 1. The summed E-state index contributed by atoms with van der Waals surface area (Å²) in [5.74, 6) is -0.427. The number of aliphatic hydroxyl groups is 1. The smallest absolute Gasteiger partial charge is 0.405 e. The molecule has 37 heavy (non-hydrogen) atoms. The summed E-state index contributed by atoms with van der Waals surface area (Å²) in [4.78, 5) is 24.4. The SMILES string of the molecule is CO[C@H]1C[C@H](C)Cc2cc(O)cc(c2)NC(=O)/C(C)=C/CC[C@H](OC)[C@@H](OC(N)=O)/C(C)=C/[C@H](C)[C@H]1O. The summed E-state index contributed by atoms with van der Waals surface area (Å²) in [6.07, 6.45) is 2.29. The quantitative estimate of drug-likeness (QED) is 0.442. The van der Waals surface area contributed by atoms with E-state index in [1.165, 1.54) is 13.2 Å². The largest absolute Gasteiger partial charge is 0.508 e. The number of nitrogens with one attached hydrogen (secondary N) is 1. The van der Waals surface area contributed by atoms with Gasteiger partial charge in [0.05, 0.1) is 18.3 Å². The van der Waals surface area contributed by atoms with Crippen LogP contribution in [0.4, 0.5) is 10.5 Å². The van der Waals surface area contributed by atoms with Gasteiger partial charge in [0.2, 0.25) is 0 Å². The highest BCUT2D eigenvalue weighted by molar-refractivity contribution is 6.03. The van der Waals surface area contributed by atoms with Gasteiger partial charge in [0.1, 0.15) is 5.75 Å². The molecule has 0 fully saturated rings. The minimum absolute atomic E-state index is 0.0634. The van der Waals surface area contributed by atoms with Gasteiger partial charge in [-0.1, -0.05) is 26.0 Å². The van der Waals surface area contributed by atoms with Gasteiger partial charge in [0.25, 0.3) is 5.91 Å². The number of aromatic hydroxyl groups is 1. The second-order valence-electron chi connectivity index (χ2n) is 10.0. The molecule has 1 aliphatic rings. The molecule has 1 aromatic carbocycles. The van der Waals surface area contributed by atoms with Gasteiger partial charge >= 0.3 is 6.09 Å². The predicted molar refractivity (Wildman–Crippen MR) is 142 cm³/mol. The standard InChI is InChI=1S/C28H42N2O7/c1-16-10-20-13-21(15-22(31)14-20)30-27(33)17(2)8-7-9-23(35-5)26(37-28(29)34)19(4)12-18(3)25(32)24(11-16)36-6/h8,12-16,18,23-26,31-32H,7,9-11H2,1-6H3,(H2,29,34)(H,30,33)/b17-8+,19-12+/t16-,18+,23+,24+,25-,26+/m1/s1. The van der Waals surface area contributed by atoms with E-state index in [0.29, 0.717) is 42.5 Å². The lowest BCUT2D eigenvalue weighted by atomic mass is 9.88. The molecule has 0 radical (unpaired) electrons. The van der Waals surface area contributed by atoms with Crippen LogP contribution in [0.3, 0.4) is 0 Å². The lowest BCUT2D eigenvalue weighted by molar-refractivity contribution is -0.112. The van der Waals surface area contributed by atoms with Gasteiger partial charge in [0.15, 0.2) is 6.10 Å². The van der Waals surface area contributed by atoms with E-state index in [9.17, 15) is 19.8 Å². The zero-order valence-electron chi connectivity index (χ0n) is 22.7. The molecule has 0 saturated carbocycles. The first-order chi connectivity index (χ1) is 17.4. The Morgan fingerprint density at radius 1 is 1.11 bits per heavy atom. The summed E-state index contributed by atoms with van der Waals surface area (Å²) in [5.41, 5.74) is 7.92. The number of benzene rings is 1. The van der Waals surface area contributed by atoms with Crippen LogP contribution in [-0.2, 0) is 25.4 Å². The number of hydrogen-bond donors (Lipinski definition) is 4. The maximum Gasteiger partial charge on any atom is 0.405 e. The van der Waals surface area contributed by atoms with Crippen molar-refractivity contribution in [2.24, 2.45) is 17.6 Å². The fraction of sp³-hybridized carbons (Fsp3) is 0.571. The highest BCUT2D eigenvalue weighted by Crippen LogP contribution is 2.27. The summed E-state index contributed by atoms with van der Waals surface area (Å²) in [6, 6.07) is 5.02. The summed E-state index contributed by atoms with van der Waals surface area (Å²) in [6.45, 7) is 7.44. The van der Waals surface area contributed by atoms with Crippen molar-refractivity contribution < 1.29 is 34.0 Å². The van der Waals surface area contributed by atoms with Crippen LogP contribution in [-0.4, -0.2) is 60.8 Å². The van der Waals surface area contributed by atoms with Crippen LogP contribution >= 0.6 is 0 Å². The topological polar surface area (TPSA) is 140 Å². The fourth-order valence-corrected chi connectivity index (χ4v) is 4.83. The van der Waals surface area contributed by atoms with Crippen molar-refractivity contribution in [1.82, 2.24) is 0 Å². The van der Waals surface area contributed by atoms with Crippen molar-refractivity contribution in [3.05, 3.63) is 47.1 Å². The van der Waals surface area contributed by atoms with Crippen molar-refractivity contribution in [1.29, 1.82) is 0 Å². The van der Waals surface area contributed by atoms with Crippen LogP contribution in [0.5, 0.6) is 5.75 Å². The number of hydrogen-bond acceptors (Lipinski definition) is 7. The molecule has 206 valence electrons. The Morgan fingerprint density at radius 2 is 1.78 bits per heavy atom. The van der Waals surface area contributed by atoms with Gasteiger partial charge in [-0.3, -0.25) is 4.79 Å². The number of allylic oxidation sites excluding steroid dienone is 1. The number of phenolic OH excluding ortho intramolecular Hbond substituents is 1. The molecule has 6 atom stereocenters. The van der Waals surface area contributed by atoms with E-state index in [4.69, 9.17) is 19.9 Å². The molecule has 1 heterocycles. The lowest BCUT2D eigenvalue weighted by Crippen LogP contribution is -2.37. The number of phenols is 1. The summed E-state index contributed by atoms with van der Waals surface area (Å²) in [7, 11) is 3.09. The zero-order chi connectivity index (χ0) is 27.7. The molecule has 2 rings (SSSR count). The first kappa shape index (κ1) is 30.3. The zero-order valence-corrected chi connectivity index (χ0v) is 22.7. The molecule has 0 saturated heterocycles. The first-order valence-corrected chi connectivity index (χ1v) is 12.6. The summed E-state index contributed by atoms with van der Waals surface area (Å²) >= 11 is 0. The van der Waals surface area contributed by atoms with Crippen molar-refractivity contribution in [3.8, 4) is 5.75 Å². The minimum atomic E-state index is -0.925. The van der Waals surface area contributed by atoms with Gasteiger partial charge in [-0.25, -0.2) is 4.79 Å². The molecule has 0 spiro atoms. The predicted octanol–water partition coefficient (Wildman–Crippen LogP) is 4.08. The Bertz CT molecular complexity index is 991. The third kappa shape index (κ3) is 9.18. The molecule has 0 aliphatic carbocycles. The normalized spacial score (nSPS) is 31.4. The van der Waals surface area contributed by atoms with E-state index in [1.54, 1.807) is 26.2 Å². The molecule has 9 heteroatoms. The van der Waals surface area contributed by atoms with Gasteiger partial charge in [-0.15, -0.1) is 0 Å². The van der Waals surface area contributed by atoms with Gasteiger partial charge in [0, 0.05) is 37.5 Å². The summed E-state index contributed by atoms with van der Waals surface area (Å²) < 4.78 is 16.7. The van der Waals surface area contributed by atoms with Crippen LogP contribution < -0.4 is 11.1 Å². The summed E-state index contributed by atoms with van der Waals surface area (Å²) in [5, 5.41) is 24.2. The maximum absolute atomic E-state index is 12.8. The van der Waals surface area contributed by atoms with Crippen LogP contribution in [0, 0.1) is 11.8 Å². The average molecular weight is 519 g/mol. The minimum Gasteiger partial charge on any atom is -0.508 e. The second-order valence-corrected chi connectivity index (χ2v) is 10.0. The molecule has 0 aromatic heterocycles. The molecule has 2 bridgehead atoms. The Balaban J connectivity index is 2.47. The first-order valence-electron chi connectivity index (χ1n) is 12.6. The highest BCUT2D eigenvalue weighted by Gasteiger charge is 2.30. The number of amides is 2. The number of rotatable bonds is 3. The van der Waals surface area contributed by atoms with Crippen LogP contribution in [0.2, 0.25) is 0 Å². The lowest BCUT2D eigenvalue weighted by Gasteiger charge is -2.30. The molecule has 9 nitrogen and oxygen atoms in total. The van der Waals surface area contributed by atoms with Crippen molar-refractivity contribution >= 4 is 17.7 Å². The molecule has 1 aliphatic heterocycles. The van der Waals surface area contributed by atoms with Gasteiger partial charge in [-0.05, 0) is 68.7 Å². The van der Waals surface area contributed by atoms with Crippen molar-refractivity contribution in [2.75, 3.05) is 19.5 Å². The van der Waals surface area contributed by atoms with Gasteiger partial charge in [-0.2, -0.15) is 0 Å². The van der Waals surface area contributed by atoms with Crippen molar-refractivity contribution in [2.45, 2.75) is 77.8 Å². The van der Waals surface area contributed by atoms with Crippen LogP contribution in [0.25, 0.3) is 0 Å².